The third-order valence-corrected chi connectivity index (χ3v) is 5.85. The van der Waals surface area contributed by atoms with E-state index < -0.39 is 6.04 Å². The third-order valence-electron chi connectivity index (χ3n) is 5.85. The smallest absolute Gasteiger partial charge is 0.317 e. The van der Waals surface area contributed by atoms with Crippen LogP contribution in [0.1, 0.15) is 62.9 Å². The Morgan fingerprint density at radius 1 is 1.15 bits per heavy atom. The van der Waals surface area contributed by atoms with Crippen LogP contribution >= 0.6 is 0 Å². The lowest BCUT2D eigenvalue weighted by Crippen LogP contribution is -2.55. The van der Waals surface area contributed by atoms with Gasteiger partial charge in [0.05, 0.1) is 6.04 Å². The molecule has 1 aliphatic heterocycles. The van der Waals surface area contributed by atoms with Gasteiger partial charge in [-0.1, -0.05) is 45.0 Å². The molecule has 1 fully saturated rings. The highest BCUT2D eigenvalue weighted by Gasteiger charge is 2.45. The molecule has 1 N–H and O–H groups in total. The average molecular weight is 356 g/mol. The molecule has 5 nitrogen and oxygen atoms in total. The predicted molar refractivity (Wildman–Crippen MR) is 100 cm³/mol. The Kier molecular flexibility index (Phi) is 4.67. The minimum atomic E-state index is -0.500. The van der Waals surface area contributed by atoms with Crippen molar-refractivity contribution in [1.82, 2.24) is 10.2 Å². The molecule has 0 bridgehead atoms. The van der Waals surface area contributed by atoms with Crippen LogP contribution in [-0.2, 0) is 10.2 Å². The summed E-state index contributed by atoms with van der Waals surface area (Å²) < 4.78 is 0. The van der Waals surface area contributed by atoms with E-state index in [1.807, 2.05) is 39.0 Å². The Labute approximate surface area is 155 Å². The number of carbonyl (C=O) groups excluding carboxylic acids is 3. The van der Waals surface area contributed by atoms with E-state index in [4.69, 9.17) is 0 Å². The zero-order chi connectivity index (χ0) is 19.1. The van der Waals surface area contributed by atoms with Crippen molar-refractivity contribution in [3.63, 3.8) is 0 Å². The number of ketones is 2. The molecule has 1 aromatic carbocycles. The molecule has 0 radical (unpaired) electrons. The van der Waals surface area contributed by atoms with Crippen molar-refractivity contribution < 1.29 is 14.4 Å². The van der Waals surface area contributed by atoms with Crippen molar-refractivity contribution in [2.45, 2.75) is 58.4 Å². The number of nitrogens with one attached hydrogen (secondary N) is 1. The lowest BCUT2D eigenvalue weighted by Gasteiger charge is -2.40. The lowest BCUT2D eigenvalue weighted by molar-refractivity contribution is -0.121. The number of hydrogen-bond donors (Lipinski definition) is 1. The summed E-state index contributed by atoms with van der Waals surface area (Å²) in [6.45, 7) is 8.57. The quantitative estimate of drug-likeness (QED) is 0.884. The molecule has 1 saturated heterocycles. The molecule has 1 atom stereocenters. The van der Waals surface area contributed by atoms with Crippen molar-refractivity contribution in [1.29, 1.82) is 0 Å². The van der Waals surface area contributed by atoms with Gasteiger partial charge >= 0.3 is 6.03 Å². The molecule has 1 unspecified atom stereocenters. The number of likely N-dealkylation sites (tertiary alicyclic amines) is 1. The van der Waals surface area contributed by atoms with Gasteiger partial charge in [0.25, 0.3) is 0 Å². The largest absolute Gasteiger partial charge is 0.328 e. The Hall–Kier alpha value is -2.17. The average Bonchev–Trinajstić information content (AvgIpc) is 2.84. The van der Waals surface area contributed by atoms with Gasteiger partial charge in [0.15, 0.2) is 11.6 Å². The summed E-state index contributed by atoms with van der Waals surface area (Å²) in [4.78, 5) is 38.7. The number of Topliss-reactive ketones (excluding diaryl/α,β-unsaturated/α-hetero) is 2. The molecule has 1 spiro atoms. The maximum absolute atomic E-state index is 12.7. The number of amides is 2. The molecule has 140 valence electrons. The summed E-state index contributed by atoms with van der Waals surface area (Å²) in [6.07, 6.45) is 2.10. The van der Waals surface area contributed by atoms with Crippen molar-refractivity contribution >= 4 is 17.6 Å². The van der Waals surface area contributed by atoms with Crippen LogP contribution in [-0.4, -0.2) is 41.6 Å². The second-order valence-electron chi connectivity index (χ2n) is 8.77. The number of fused-ring (bicyclic) bond motifs is 2. The van der Waals surface area contributed by atoms with Gasteiger partial charge in [0, 0.05) is 30.5 Å². The first-order chi connectivity index (χ1) is 12.1. The van der Waals surface area contributed by atoms with Crippen molar-refractivity contribution in [2.24, 2.45) is 5.41 Å². The number of carbonyl (C=O) groups is 3. The fourth-order valence-corrected chi connectivity index (χ4v) is 4.41. The summed E-state index contributed by atoms with van der Waals surface area (Å²) in [7, 11) is 0. The Bertz CT molecular complexity index is 740. The zero-order valence-electron chi connectivity index (χ0n) is 16.1. The van der Waals surface area contributed by atoms with Gasteiger partial charge in [-0.25, -0.2) is 4.79 Å². The van der Waals surface area contributed by atoms with E-state index in [2.05, 4.69) is 11.4 Å². The van der Waals surface area contributed by atoms with Gasteiger partial charge < -0.3 is 10.2 Å². The van der Waals surface area contributed by atoms with Crippen LogP contribution in [0.5, 0.6) is 0 Å². The van der Waals surface area contributed by atoms with E-state index in [9.17, 15) is 14.4 Å². The van der Waals surface area contributed by atoms with Gasteiger partial charge in [-0.2, -0.15) is 0 Å². The molecular formula is C21H28N2O3. The molecule has 1 aliphatic carbocycles. The number of hydrogen-bond acceptors (Lipinski definition) is 3. The summed E-state index contributed by atoms with van der Waals surface area (Å²) in [6, 6.07) is 7.17. The van der Waals surface area contributed by atoms with Crippen LogP contribution in [0.4, 0.5) is 4.79 Å². The van der Waals surface area contributed by atoms with E-state index >= 15 is 0 Å². The number of nitrogens with zero attached hydrogens (tertiary/aromatic N) is 1. The highest BCUT2D eigenvalue weighted by molar-refractivity contribution is 6.02. The van der Waals surface area contributed by atoms with E-state index in [1.165, 1.54) is 6.92 Å². The number of urea groups is 1. The van der Waals surface area contributed by atoms with Gasteiger partial charge in [-0.3, -0.25) is 9.59 Å². The van der Waals surface area contributed by atoms with Crippen LogP contribution in [0.25, 0.3) is 0 Å². The molecule has 5 heteroatoms. The lowest BCUT2D eigenvalue weighted by atomic mass is 9.74. The number of rotatable bonds is 2. The minimum Gasteiger partial charge on any atom is -0.328 e. The topological polar surface area (TPSA) is 66.5 Å². The van der Waals surface area contributed by atoms with Crippen LogP contribution in [0.3, 0.4) is 0 Å². The number of benzene rings is 1. The fraction of sp³-hybridized carbons (Fsp3) is 0.571. The van der Waals surface area contributed by atoms with E-state index in [0.29, 0.717) is 19.5 Å². The molecule has 2 aliphatic rings. The van der Waals surface area contributed by atoms with E-state index in [0.717, 1.165) is 24.0 Å². The van der Waals surface area contributed by atoms with Crippen LogP contribution in [0, 0.1) is 5.41 Å². The first-order valence-corrected chi connectivity index (χ1v) is 9.33. The summed E-state index contributed by atoms with van der Waals surface area (Å²) >= 11 is 0. The maximum atomic E-state index is 12.7. The van der Waals surface area contributed by atoms with Crippen molar-refractivity contribution in [3.05, 3.63) is 35.4 Å². The van der Waals surface area contributed by atoms with Gasteiger partial charge in [0.1, 0.15) is 0 Å². The highest BCUT2D eigenvalue weighted by Crippen LogP contribution is 2.46. The third kappa shape index (κ3) is 3.27. The van der Waals surface area contributed by atoms with Crippen molar-refractivity contribution in [2.75, 3.05) is 13.1 Å². The predicted octanol–water partition coefficient (Wildman–Crippen LogP) is 3.32. The summed E-state index contributed by atoms with van der Waals surface area (Å²) in [5.41, 5.74) is 1.53. The molecule has 1 heterocycles. The summed E-state index contributed by atoms with van der Waals surface area (Å²) in [5, 5.41) is 2.90. The fourth-order valence-electron chi connectivity index (χ4n) is 4.41. The van der Waals surface area contributed by atoms with Gasteiger partial charge in [0.2, 0.25) is 0 Å². The first kappa shape index (κ1) is 18.6. The van der Waals surface area contributed by atoms with E-state index in [-0.39, 0.29) is 28.4 Å². The van der Waals surface area contributed by atoms with Crippen LogP contribution in [0.2, 0.25) is 0 Å². The molecule has 26 heavy (non-hydrogen) atoms. The molecule has 1 aromatic rings. The Morgan fingerprint density at radius 3 is 2.35 bits per heavy atom. The summed E-state index contributed by atoms with van der Waals surface area (Å²) in [5.74, 6) is 0.178. The monoisotopic (exact) mass is 356 g/mol. The Morgan fingerprint density at radius 2 is 1.77 bits per heavy atom. The molecule has 2 amide bonds. The van der Waals surface area contributed by atoms with Gasteiger partial charge in [-0.05, 0) is 30.7 Å². The Balaban J connectivity index is 1.69. The molecular weight excluding hydrogens is 328 g/mol. The zero-order valence-corrected chi connectivity index (χ0v) is 16.1. The van der Waals surface area contributed by atoms with Gasteiger partial charge in [-0.15, -0.1) is 0 Å². The standard InChI is InChI=1S/C21H28N2O3/c1-14(24)18(20(2,3)4)22-19(26)23-11-9-21(10-12-23)13-17(25)15-7-5-6-8-16(15)21/h5-8,18H,9-13H2,1-4H3,(H,22,26). The maximum Gasteiger partial charge on any atom is 0.317 e. The highest BCUT2D eigenvalue weighted by atomic mass is 16.2. The van der Waals surface area contributed by atoms with Crippen LogP contribution < -0.4 is 5.32 Å². The van der Waals surface area contributed by atoms with E-state index in [1.54, 1.807) is 4.90 Å². The second-order valence-corrected chi connectivity index (χ2v) is 8.77. The first-order valence-electron chi connectivity index (χ1n) is 9.33. The number of piperidine rings is 1. The van der Waals surface area contributed by atoms with Crippen LogP contribution in [0.15, 0.2) is 24.3 Å². The molecule has 0 aromatic heterocycles. The SMILES string of the molecule is CC(=O)C(NC(=O)N1CCC2(CC1)CC(=O)c1ccccc12)C(C)(C)C. The van der Waals surface area contributed by atoms with Crippen molar-refractivity contribution in [3.8, 4) is 0 Å². The normalized spacial score (nSPS) is 20.0. The minimum absolute atomic E-state index is 0.0327. The molecule has 0 saturated carbocycles. The molecule has 3 rings (SSSR count). The second kappa shape index (κ2) is 6.53.